The molecule has 1 aromatic rings. The van der Waals surface area contributed by atoms with Crippen LogP contribution in [-0.4, -0.2) is 12.0 Å². The number of aromatic nitrogens is 1. The molecule has 0 atom stereocenters. The summed E-state index contributed by atoms with van der Waals surface area (Å²) in [7, 11) is 0. The van der Waals surface area contributed by atoms with Gasteiger partial charge in [-0.2, -0.15) is 5.26 Å². The van der Waals surface area contributed by atoms with E-state index in [2.05, 4.69) is 4.98 Å². The third kappa shape index (κ3) is 5.82. The summed E-state index contributed by atoms with van der Waals surface area (Å²) in [6.45, 7) is -4.94. The molecule has 0 radical (unpaired) electrons. The molecule has 0 N–H and O–H groups in total. The fourth-order valence-electron chi connectivity index (χ4n) is 1.05. The van der Waals surface area contributed by atoms with Crippen molar-refractivity contribution in [1.82, 2.24) is 4.98 Å². The smallest absolute Gasteiger partial charge is 0.445 e. The van der Waals surface area contributed by atoms with Gasteiger partial charge in [0, 0.05) is 12.4 Å². The number of nitriles is 1. The fourth-order valence-corrected chi connectivity index (χ4v) is 1.05. The molecule has 2 nitrogen and oxygen atoms in total. The maximum absolute atomic E-state index is 12.0. The van der Waals surface area contributed by atoms with Crippen molar-refractivity contribution in [2.24, 2.45) is 0 Å². The topological polar surface area (TPSA) is 36.7 Å². The van der Waals surface area contributed by atoms with E-state index in [9.17, 15) is 12.9 Å². The van der Waals surface area contributed by atoms with E-state index in [1.807, 2.05) is 6.07 Å². The molecular weight excluding hydrogens is 243 g/mol. The SMILES string of the molecule is N#CCc1cnccc1/C=C/[B-](F)(F)F.[K+]. The van der Waals surface area contributed by atoms with Crippen LogP contribution in [0, 0.1) is 11.3 Å². The van der Waals surface area contributed by atoms with Crippen molar-refractivity contribution in [2.45, 2.75) is 6.42 Å². The van der Waals surface area contributed by atoms with Crippen LogP contribution in [0.15, 0.2) is 24.4 Å². The monoisotopic (exact) mass is 250 g/mol. The van der Waals surface area contributed by atoms with Crippen LogP contribution < -0.4 is 51.4 Å². The molecule has 16 heavy (non-hydrogen) atoms. The van der Waals surface area contributed by atoms with Gasteiger partial charge >= 0.3 is 58.4 Å². The number of hydrogen-bond acceptors (Lipinski definition) is 2. The summed E-state index contributed by atoms with van der Waals surface area (Å²) >= 11 is 0. The van der Waals surface area contributed by atoms with E-state index in [1.165, 1.54) is 18.5 Å². The summed E-state index contributed by atoms with van der Waals surface area (Å²) in [6, 6.07) is 3.32. The van der Waals surface area contributed by atoms with E-state index >= 15 is 0 Å². The average molecular weight is 250 g/mol. The summed E-state index contributed by atoms with van der Waals surface area (Å²) in [4.78, 5) is 3.75. The summed E-state index contributed by atoms with van der Waals surface area (Å²) in [5, 5.41) is 8.45. The van der Waals surface area contributed by atoms with Crippen molar-refractivity contribution in [1.29, 1.82) is 5.26 Å². The Labute approximate surface area is 134 Å². The molecule has 0 spiro atoms. The molecule has 0 saturated carbocycles. The van der Waals surface area contributed by atoms with Crippen molar-refractivity contribution in [3.8, 4) is 6.07 Å². The van der Waals surface area contributed by atoms with Crippen molar-refractivity contribution >= 4 is 13.1 Å². The number of nitrogens with zero attached hydrogens (tertiary/aromatic N) is 2. The predicted octanol–water partition coefficient (Wildman–Crippen LogP) is -0.449. The van der Waals surface area contributed by atoms with Crippen LogP contribution in [0.3, 0.4) is 0 Å². The molecule has 0 amide bonds. The van der Waals surface area contributed by atoms with Gasteiger partial charge in [-0.15, -0.1) is 5.98 Å². The number of pyridine rings is 1. The zero-order valence-electron chi connectivity index (χ0n) is 8.70. The Kier molecular flexibility index (Phi) is 7.19. The Balaban J connectivity index is 0.00000225. The van der Waals surface area contributed by atoms with Gasteiger partial charge in [0.1, 0.15) is 0 Å². The zero-order valence-corrected chi connectivity index (χ0v) is 11.8. The molecule has 0 bridgehead atoms. The second kappa shape index (κ2) is 7.25. The van der Waals surface area contributed by atoms with Gasteiger partial charge in [0.2, 0.25) is 0 Å². The molecule has 1 heterocycles. The van der Waals surface area contributed by atoms with E-state index in [-0.39, 0.29) is 63.8 Å². The fraction of sp³-hybridized carbons (Fsp3) is 0.111. The van der Waals surface area contributed by atoms with Gasteiger partial charge in [0.05, 0.1) is 12.5 Å². The first kappa shape index (κ1) is 15.9. The Morgan fingerprint density at radius 3 is 2.69 bits per heavy atom. The van der Waals surface area contributed by atoms with Gasteiger partial charge in [-0.05, 0) is 17.2 Å². The minimum absolute atomic E-state index is 0. The minimum Gasteiger partial charge on any atom is -0.445 e. The van der Waals surface area contributed by atoms with Gasteiger partial charge in [-0.25, -0.2) is 0 Å². The molecule has 0 fully saturated rings. The number of rotatable bonds is 3. The molecule has 0 saturated heterocycles. The first-order chi connectivity index (χ1) is 7.03. The molecular formula is C9H7BF3KN2. The molecule has 0 unspecified atom stereocenters. The first-order valence-electron chi connectivity index (χ1n) is 4.22. The van der Waals surface area contributed by atoms with Crippen molar-refractivity contribution in [2.75, 3.05) is 0 Å². The normalized spacial score (nSPS) is 10.9. The standard InChI is InChI=1S/C9H7BF3N2.K/c11-10(12,13)4-1-8-3-6-15-7-9(8)2-5-14;/h1,3-4,6-7H,2H2;/q-1;+1/b4-1+;. The Hall–Kier alpha value is -0.129. The van der Waals surface area contributed by atoms with Gasteiger partial charge < -0.3 is 12.9 Å². The molecule has 78 valence electrons. The van der Waals surface area contributed by atoms with E-state index in [1.54, 1.807) is 0 Å². The third-order valence-electron chi connectivity index (χ3n) is 1.70. The predicted molar refractivity (Wildman–Crippen MR) is 51.7 cm³/mol. The summed E-state index contributed by atoms with van der Waals surface area (Å²) in [5.74, 6) is 0.205. The second-order valence-electron chi connectivity index (χ2n) is 2.89. The van der Waals surface area contributed by atoms with Crippen molar-refractivity contribution < 1.29 is 64.3 Å². The first-order valence-corrected chi connectivity index (χ1v) is 4.22. The molecule has 1 aromatic heterocycles. The maximum atomic E-state index is 12.0. The Bertz CT molecular complexity index is 412. The quantitative estimate of drug-likeness (QED) is 0.681. The Morgan fingerprint density at radius 2 is 2.12 bits per heavy atom. The molecule has 1 rings (SSSR count). The van der Waals surface area contributed by atoms with Gasteiger partial charge in [-0.1, -0.05) is 6.08 Å². The van der Waals surface area contributed by atoms with E-state index in [0.29, 0.717) is 11.1 Å². The van der Waals surface area contributed by atoms with E-state index < -0.39 is 6.98 Å². The van der Waals surface area contributed by atoms with Crippen molar-refractivity contribution in [3.63, 3.8) is 0 Å². The second-order valence-corrected chi connectivity index (χ2v) is 2.89. The molecule has 0 aromatic carbocycles. The van der Waals surface area contributed by atoms with E-state index in [4.69, 9.17) is 5.26 Å². The van der Waals surface area contributed by atoms with Crippen LogP contribution in [0.4, 0.5) is 12.9 Å². The van der Waals surface area contributed by atoms with Crippen LogP contribution in [0.2, 0.25) is 0 Å². The zero-order chi connectivity index (χ0) is 11.3. The van der Waals surface area contributed by atoms with Crippen LogP contribution >= 0.6 is 0 Å². The molecule has 7 heteroatoms. The van der Waals surface area contributed by atoms with Crippen LogP contribution in [0.25, 0.3) is 6.08 Å². The summed E-state index contributed by atoms with van der Waals surface area (Å²) in [5.41, 5.74) is 0.877. The van der Waals surface area contributed by atoms with Gasteiger partial charge in [0.25, 0.3) is 0 Å². The van der Waals surface area contributed by atoms with Crippen LogP contribution in [-0.2, 0) is 6.42 Å². The van der Waals surface area contributed by atoms with Crippen LogP contribution in [0.5, 0.6) is 0 Å². The number of halogens is 3. The molecule has 0 aliphatic heterocycles. The largest absolute Gasteiger partial charge is 1.00 e. The molecule has 0 aliphatic rings. The number of hydrogen-bond donors (Lipinski definition) is 0. The Morgan fingerprint density at radius 1 is 1.44 bits per heavy atom. The van der Waals surface area contributed by atoms with Crippen LogP contribution in [0.1, 0.15) is 11.1 Å². The summed E-state index contributed by atoms with van der Waals surface area (Å²) < 4.78 is 35.9. The minimum atomic E-state index is -4.94. The summed E-state index contributed by atoms with van der Waals surface area (Å²) in [6.07, 6.45) is 3.81. The maximum Gasteiger partial charge on any atom is 1.00 e. The van der Waals surface area contributed by atoms with Crippen molar-refractivity contribution in [3.05, 3.63) is 35.6 Å². The van der Waals surface area contributed by atoms with Gasteiger partial charge in [-0.3, -0.25) is 4.98 Å². The third-order valence-corrected chi connectivity index (χ3v) is 1.70. The van der Waals surface area contributed by atoms with Gasteiger partial charge in [0.15, 0.2) is 0 Å². The molecule has 0 aliphatic carbocycles. The van der Waals surface area contributed by atoms with E-state index in [0.717, 1.165) is 6.08 Å². The average Bonchev–Trinajstić information content (AvgIpc) is 2.16.